The van der Waals surface area contributed by atoms with Gasteiger partial charge in [0.25, 0.3) is 0 Å². The summed E-state index contributed by atoms with van der Waals surface area (Å²) in [7, 11) is 2.32. The second kappa shape index (κ2) is 4.19. The summed E-state index contributed by atoms with van der Waals surface area (Å²) in [6, 6.07) is 3.14. The molecule has 2 fully saturated rings. The first-order valence-corrected chi connectivity index (χ1v) is 6.15. The fraction of sp³-hybridized carbons (Fsp3) is 1.00. The van der Waals surface area contributed by atoms with Crippen LogP contribution >= 0.6 is 0 Å². The van der Waals surface area contributed by atoms with E-state index >= 15 is 0 Å². The molecule has 2 aliphatic heterocycles. The molecule has 2 rings (SSSR count). The molecule has 0 aromatic heterocycles. The maximum atomic E-state index is 3.70. The maximum absolute atomic E-state index is 3.70. The van der Waals surface area contributed by atoms with E-state index in [1.54, 1.807) is 0 Å². The highest BCUT2D eigenvalue weighted by Gasteiger charge is 2.35. The predicted octanol–water partition coefficient (Wildman–Crippen LogP) is 2.00. The van der Waals surface area contributed by atoms with Crippen molar-refractivity contribution in [1.29, 1.82) is 0 Å². The third-order valence-corrected chi connectivity index (χ3v) is 3.91. The van der Waals surface area contributed by atoms with E-state index in [0.29, 0.717) is 6.04 Å². The van der Waals surface area contributed by atoms with Crippen LogP contribution in [0.2, 0.25) is 0 Å². The number of fused-ring (bicyclic) bond motifs is 2. The number of nitrogens with one attached hydrogen (secondary N) is 1. The van der Waals surface area contributed by atoms with Crippen LogP contribution < -0.4 is 5.32 Å². The average Bonchev–Trinajstić information content (AvgIpc) is 2.05. The van der Waals surface area contributed by atoms with Crippen LogP contribution in [0.1, 0.15) is 46.0 Å². The van der Waals surface area contributed by atoms with Gasteiger partial charge in [-0.3, -0.25) is 0 Å². The van der Waals surface area contributed by atoms with Crippen molar-refractivity contribution < 1.29 is 0 Å². The molecule has 2 nitrogen and oxygen atoms in total. The van der Waals surface area contributed by atoms with E-state index in [2.05, 4.69) is 31.1 Å². The van der Waals surface area contributed by atoms with Crippen molar-refractivity contribution in [2.24, 2.45) is 0 Å². The van der Waals surface area contributed by atoms with E-state index < -0.39 is 0 Å². The Balaban J connectivity index is 1.93. The summed E-state index contributed by atoms with van der Waals surface area (Å²) >= 11 is 0. The lowest BCUT2D eigenvalue weighted by Gasteiger charge is -2.47. The fourth-order valence-corrected chi connectivity index (χ4v) is 3.22. The normalized spacial score (nSPS) is 39.0. The molecule has 0 amide bonds. The van der Waals surface area contributed by atoms with Gasteiger partial charge in [-0.15, -0.1) is 0 Å². The molecule has 1 N–H and O–H groups in total. The summed E-state index contributed by atoms with van der Waals surface area (Å²) in [5, 5.41) is 3.70. The van der Waals surface area contributed by atoms with E-state index in [9.17, 15) is 0 Å². The quantitative estimate of drug-likeness (QED) is 0.726. The van der Waals surface area contributed by atoms with Crippen LogP contribution in [0.4, 0.5) is 0 Å². The molecule has 2 unspecified atom stereocenters. The zero-order valence-electron chi connectivity index (χ0n) is 9.79. The van der Waals surface area contributed by atoms with Crippen LogP contribution in [-0.2, 0) is 0 Å². The van der Waals surface area contributed by atoms with Gasteiger partial charge in [0.15, 0.2) is 0 Å². The van der Waals surface area contributed by atoms with E-state index in [1.807, 2.05) is 0 Å². The SMILES string of the molecule is CC(C)NC1CC2CCCC(C1)N2C. The Morgan fingerprint density at radius 2 is 1.71 bits per heavy atom. The standard InChI is InChI=1S/C12H24N2/c1-9(2)13-10-7-11-5-4-6-12(8-10)14(11)3/h9-13H,4-8H2,1-3H3. The first-order valence-electron chi connectivity index (χ1n) is 6.15. The molecule has 2 saturated heterocycles. The first kappa shape index (κ1) is 10.4. The molecule has 2 bridgehead atoms. The zero-order chi connectivity index (χ0) is 10.1. The van der Waals surface area contributed by atoms with Crippen molar-refractivity contribution in [1.82, 2.24) is 10.2 Å². The molecule has 0 aromatic carbocycles. The first-order chi connectivity index (χ1) is 6.66. The number of hydrogen-bond acceptors (Lipinski definition) is 2. The Kier molecular flexibility index (Phi) is 3.13. The van der Waals surface area contributed by atoms with Gasteiger partial charge in [-0.05, 0) is 32.7 Å². The van der Waals surface area contributed by atoms with Crippen LogP contribution in [0.25, 0.3) is 0 Å². The van der Waals surface area contributed by atoms with Gasteiger partial charge in [-0.1, -0.05) is 20.3 Å². The molecule has 14 heavy (non-hydrogen) atoms. The van der Waals surface area contributed by atoms with Gasteiger partial charge in [-0.2, -0.15) is 0 Å². The van der Waals surface area contributed by atoms with Gasteiger partial charge < -0.3 is 10.2 Å². The minimum Gasteiger partial charge on any atom is -0.312 e. The lowest BCUT2D eigenvalue weighted by atomic mass is 9.82. The number of nitrogens with zero attached hydrogens (tertiary/aromatic N) is 1. The topological polar surface area (TPSA) is 15.3 Å². The summed E-state index contributed by atoms with van der Waals surface area (Å²) < 4.78 is 0. The minimum absolute atomic E-state index is 0.643. The van der Waals surface area contributed by atoms with E-state index in [0.717, 1.165) is 18.1 Å². The summed E-state index contributed by atoms with van der Waals surface area (Å²) in [6.07, 6.45) is 7.02. The molecule has 2 heteroatoms. The molecule has 2 aliphatic rings. The molecule has 2 heterocycles. The van der Waals surface area contributed by atoms with Crippen molar-refractivity contribution in [3.8, 4) is 0 Å². The predicted molar refractivity (Wildman–Crippen MR) is 60.5 cm³/mol. The Hall–Kier alpha value is -0.0800. The third-order valence-electron chi connectivity index (χ3n) is 3.91. The van der Waals surface area contributed by atoms with Gasteiger partial charge in [-0.25, -0.2) is 0 Å². The second-order valence-electron chi connectivity index (χ2n) is 5.39. The van der Waals surface area contributed by atoms with Crippen LogP contribution in [0.15, 0.2) is 0 Å². The van der Waals surface area contributed by atoms with E-state index in [4.69, 9.17) is 0 Å². The van der Waals surface area contributed by atoms with Crippen LogP contribution in [0.3, 0.4) is 0 Å². The Morgan fingerprint density at radius 3 is 2.21 bits per heavy atom. The molecule has 82 valence electrons. The Morgan fingerprint density at radius 1 is 1.14 bits per heavy atom. The zero-order valence-corrected chi connectivity index (χ0v) is 9.79. The van der Waals surface area contributed by atoms with Crippen molar-refractivity contribution >= 4 is 0 Å². The van der Waals surface area contributed by atoms with Crippen LogP contribution in [0.5, 0.6) is 0 Å². The van der Waals surface area contributed by atoms with E-state index in [1.165, 1.54) is 32.1 Å². The van der Waals surface area contributed by atoms with Gasteiger partial charge in [0, 0.05) is 24.2 Å². The summed E-state index contributed by atoms with van der Waals surface area (Å²) in [6.45, 7) is 4.52. The van der Waals surface area contributed by atoms with Crippen molar-refractivity contribution in [2.75, 3.05) is 7.05 Å². The lowest BCUT2D eigenvalue weighted by molar-refractivity contribution is 0.0468. The van der Waals surface area contributed by atoms with Crippen molar-refractivity contribution in [2.45, 2.75) is 70.1 Å². The Bertz CT molecular complexity index is 177. The highest BCUT2D eigenvalue weighted by molar-refractivity contribution is 4.93. The molecule has 0 saturated carbocycles. The van der Waals surface area contributed by atoms with Gasteiger partial charge >= 0.3 is 0 Å². The molecule has 0 aromatic rings. The molecule has 0 spiro atoms. The summed E-state index contributed by atoms with van der Waals surface area (Å²) in [5.74, 6) is 0. The Labute approximate surface area is 88.1 Å². The fourth-order valence-electron chi connectivity index (χ4n) is 3.22. The number of hydrogen-bond donors (Lipinski definition) is 1. The third kappa shape index (κ3) is 2.12. The van der Waals surface area contributed by atoms with Gasteiger partial charge in [0.2, 0.25) is 0 Å². The summed E-state index contributed by atoms with van der Waals surface area (Å²) in [5.41, 5.74) is 0. The van der Waals surface area contributed by atoms with E-state index in [-0.39, 0.29) is 0 Å². The van der Waals surface area contributed by atoms with Crippen LogP contribution in [-0.4, -0.2) is 36.1 Å². The molecular formula is C12H24N2. The molecule has 0 aliphatic carbocycles. The maximum Gasteiger partial charge on any atom is 0.0110 e. The van der Waals surface area contributed by atoms with Crippen LogP contribution in [0, 0.1) is 0 Å². The number of piperidine rings is 2. The highest BCUT2D eigenvalue weighted by atomic mass is 15.2. The number of rotatable bonds is 2. The molecule has 2 atom stereocenters. The molecular weight excluding hydrogens is 172 g/mol. The molecule has 0 radical (unpaired) electrons. The monoisotopic (exact) mass is 196 g/mol. The smallest absolute Gasteiger partial charge is 0.0110 e. The minimum atomic E-state index is 0.643. The lowest BCUT2D eigenvalue weighted by Crippen LogP contribution is -2.55. The summed E-state index contributed by atoms with van der Waals surface area (Å²) in [4.78, 5) is 2.63. The largest absolute Gasteiger partial charge is 0.312 e. The van der Waals surface area contributed by atoms with Crippen molar-refractivity contribution in [3.63, 3.8) is 0 Å². The van der Waals surface area contributed by atoms with Gasteiger partial charge in [0.05, 0.1) is 0 Å². The second-order valence-corrected chi connectivity index (χ2v) is 5.39. The van der Waals surface area contributed by atoms with Crippen molar-refractivity contribution in [3.05, 3.63) is 0 Å². The average molecular weight is 196 g/mol. The van der Waals surface area contributed by atoms with Gasteiger partial charge in [0.1, 0.15) is 0 Å². The highest BCUT2D eigenvalue weighted by Crippen LogP contribution is 2.32.